The Kier molecular flexibility index (Phi) is 2.70. The van der Waals surface area contributed by atoms with Gasteiger partial charge in [0.1, 0.15) is 11.8 Å². The summed E-state index contributed by atoms with van der Waals surface area (Å²) in [5.41, 5.74) is 1.26. The summed E-state index contributed by atoms with van der Waals surface area (Å²) in [6.07, 6.45) is 1.69. The van der Waals surface area contributed by atoms with Crippen LogP contribution in [0.1, 0.15) is 5.56 Å². The standard InChI is InChI=1S/C11H7ClN2O/c12-7-15-11-5-10-8(2-1-3-14-10)4-9(11)6-13/h1-5H,7H2. The largest absolute Gasteiger partial charge is 0.476 e. The average molecular weight is 219 g/mol. The van der Waals surface area contributed by atoms with Gasteiger partial charge >= 0.3 is 0 Å². The molecule has 1 aromatic heterocycles. The maximum Gasteiger partial charge on any atom is 0.162 e. The second-order valence-electron chi connectivity index (χ2n) is 2.91. The number of nitriles is 1. The predicted octanol–water partition coefficient (Wildman–Crippen LogP) is 2.68. The van der Waals surface area contributed by atoms with Crippen LogP contribution < -0.4 is 4.74 Å². The Morgan fingerprint density at radius 1 is 1.47 bits per heavy atom. The zero-order valence-electron chi connectivity index (χ0n) is 7.77. The summed E-state index contributed by atoms with van der Waals surface area (Å²) >= 11 is 5.46. The van der Waals surface area contributed by atoms with Crippen LogP contribution >= 0.6 is 11.6 Å². The number of nitrogens with zero attached hydrogens (tertiary/aromatic N) is 2. The van der Waals surface area contributed by atoms with Gasteiger partial charge in [-0.15, -0.1) is 0 Å². The molecule has 74 valence electrons. The third-order valence-corrected chi connectivity index (χ3v) is 2.14. The minimum Gasteiger partial charge on any atom is -0.476 e. The van der Waals surface area contributed by atoms with Crippen molar-refractivity contribution >= 4 is 22.5 Å². The number of fused-ring (bicyclic) bond motifs is 1. The molecule has 0 aliphatic carbocycles. The van der Waals surface area contributed by atoms with Crippen molar-refractivity contribution in [3.05, 3.63) is 36.0 Å². The Hall–Kier alpha value is -1.79. The second-order valence-corrected chi connectivity index (χ2v) is 3.13. The van der Waals surface area contributed by atoms with E-state index in [9.17, 15) is 0 Å². The molecule has 0 N–H and O–H groups in total. The normalized spacial score (nSPS) is 9.87. The molecule has 1 heterocycles. The second kappa shape index (κ2) is 4.16. The fraction of sp³-hybridized carbons (Fsp3) is 0.0909. The van der Waals surface area contributed by atoms with Gasteiger partial charge in [0.05, 0.1) is 11.1 Å². The zero-order valence-corrected chi connectivity index (χ0v) is 8.53. The van der Waals surface area contributed by atoms with E-state index >= 15 is 0 Å². The highest BCUT2D eigenvalue weighted by Crippen LogP contribution is 2.24. The van der Waals surface area contributed by atoms with Crippen LogP contribution in [0.15, 0.2) is 30.5 Å². The summed E-state index contributed by atoms with van der Waals surface area (Å²) in [4.78, 5) is 4.17. The molecule has 0 saturated heterocycles. The van der Waals surface area contributed by atoms with E-state index in [1.54, 1.807) is 18.3 Å². The molecule has 0 radical (unpaired) electrons. The Morgan fingerprint density at radius 2 is 2.33 bits per heavy atom. The van der Waals surface area contributed by atoms with Gasteiger partial charge in [-0.05, 0) is 12.1 Å². The number of hydrogen-bond acceptors (Lipinski definition) is 3. The van der Waals surface area contributed by atoms with E-state index in [4.69, 9.17) is 21.6 Å². The van der Waals surface area contributed by atoms with Crippen LogP contribution in [0.4, 0.5) is 0 Å². The lowest BCUT2D eigenvalue weighted by Crippen LogP contribution is -1.93. The van der Waals surface area contributed by atoms with Gasteiger partial charge < -0.3 is 4.74 Å². The number of pyridine rings is 1. The number of ether oxygens (including phenoxy) is 1. The van der Waals surface area contributed by atoms with Crippen molar-refractivity contribution in [1.29, 1.82) is 5.26 Å². The maximum atomic E-state index is 8.91. The van der Waals surface area contributed by atoms with Gasteiger partial charge in [-0.2, -0.15) is 5.26 Å². The van der Waals surface area contributed by atoms with E-state index in [1.807, 2.05) is 12.1 Å². The molecule has 0 atom stereocenters. The van der Waals surface area contributed by atoms with Crippen LogP contribution in [0.5, 0.6) is 5.75 Å². The van der Waals surface area contributed by atoms with Gasteiger partial charge in [-0.25, -0.2) is 0 Å². The van der Waals surface area contributed by atoms with Crippen LogP contribution in [-0.2, 0) is 0 Å². The first kappa shape index (κ1) is 9.75. The lowest BCUT2D eigenvalue weighted by atomic mass is 10.1. The van der Waals surface area contributed by atoms with Gasteiger partial charge in [0.25, 0.3) is 0 Å². The number of halogens is 1. The molecule has 0 bridgehead atoms. The lowest BCUT2D eigenvalue weighted by molar-refractivity contribution is 0.387. The molecule has 1 aromatic carbocycles. The smallest absolute Gasteiger partial charge is 0.162 e. The number of hydrogen-bond donors (Lipinski definition) is 0. The molecule has 0 fully saturated rings. The SMILES string of the molecule is N#Cc1cc2cccnc2cc1OCCl. The number of aromatic nitrogens is 1. The van der Waals surface area contributed by atoms with Crippen LogP contribution in [-0.4, -0.2) is 11.1 Å². The maximum absolute atomic E-state index is 8.91. The molecule has 4 heteroatoms. The number of benzene rings is 1. The van der Waals surface area contributed by atoms with Crippen LogP contribution in [0.2, 0.25) is 0 Å². The molecule has 0 spiro atoms. The van der Waals surface area contributed by atoms with E-state index < -0.39 is 0 Å². The van der Waals surface area contributed by atoms with Crippen molar-refractivity contribution in [3.63, 3.8) is 0 Å². The number of rotatable bonds is 2. The molecule has 0 amide bonds. The highest BCUT2D eigenvalue weighted by atomic mass is 35.5. The monoisotopic (exact) mass is 218 g/mol. The van der Waals surface area contributed by atoms with Gasteiger partial charge in [-0.1, -0.05) is 17.7 Å². The van der Waals surface area contributed by atoms with Gasteiger partial charge in [-0.3, -0.25) is 4.98 Å². The fourth-order valence-electron chi connectivity index (χ4n) is 1.37. The molecule has 0 unspecified atom stereocenters. The molecule has 2 rings (SSSR count). The van der Waals surface area contributed by atoms with E-state index in [0.717, 1.165) is 10.9 Å². The molecule has 0 saturated carbocycles. The minimum atomic E-state index is 0.0209. The van der Waals surface area contributed by atoms with Crippen molar-refractivity contribution in [1.82, 2.24) is 4.98 Å². The van der Waals surface area contributed by atoms with E-state index in [-0.39, 0.29) is 6.07 Å². The molecule has 2 aromatic rings. The average Bonchev–Trinajstić information content (AvgIpc) is 2.28. The summed E-state index contributed by atoms with van der Waals surface area (Å²) in [6.45, 7) is 0. The summed E-state index contributed by atoms with van der Waals surface area (Å²) < 4.78 is 5.14. The topological polar surface area (TPSA) is 45.9 Å². The van der Waals surface area contributed by atoms with Gasteiger partial charge in [0.2, 0.25) is 0 Å². The predicted molar refractivity (Wildman–Crippen MR) is 57.8 cm³/mol. The first-order valence-electron chi connectivity index (χ1n) is 4.33. The van der Waals surface area contributed by atoms with Crippen LogP contribution in [0, 0.1) is 11.3 Å². The third-order valence-electron chi connectivity index (χ3n) is 2.03. The Balaban J connectivity index is 2.65. The summed E-state index contributed by atoms with van der Waals surface area (Å²) in [5, 5.41) is 9.82. The Labute approximate surface area is 91.9 Å². The van der Waals surface area contributed by atoms with Gasteiger partial charge in [0.15, 0.2) is 6.07 Å². The highest BCUT2D eigenvalue weighted by Gasteiger charge is 2.05. The Morgan fingerprint density at radius 3 is 3.07 bits per heavy atom. The van der Waals surface area contributed by atoms with Crippen molar-refractivity contribution in [2.45, 2.75) is 0 Å². The molecular formula is C11H7ClN2O. The van der Waals surface area contributed by atoms with E-state index in [0.29, 0.717) is 11.3 Å². The summed E-state index contributed by atoms with van der Waals surface area (Å²) in [7, 11) is 0. The Bertz CT molecular complexity index is 534. The van der Waals surface area contributed by atoms with E-state index in [1.165, 1.54) is 0 Å². The van der Waals surface area contributed by atoms with Gasteiger partial charge in [0, 0.05) is 17.6 Å². The fourth-order valence-corrected chi connectivity index (χ4v) is 1.48. The quantitative estimate of drug-likeness (QED) is 0.728. The first-order chi connectivity index (χ1) is 7.35. The zero-order chi connectivity index (χ0) is 10.7. The molecule has 3 nitrogen and oxygen atoms in total. The molecule has 15 heavy (non-hydrogen) atoms. The summed E-state index contributed by atoms with van der Waals surface area (Å²) in [6, 6.07) is 9.26. The first-order valence-corrected chi connectivity index (χ1v) is 4.86. The lowest BCUT2D eigenvalue weighted by Gasteiger charge is -2.05. The molecule has 0 aliphatic heterocycles. The van der Waals surface area contributed by atoms with Crippen molar-refractivity contribution in [2.24, 2.45) is 0 Å². The third kappa shape index (κ3) is 1.85. The highest BCUT2D eigenvalue weighted by molar-refractivity contribution is 6.17. The van der Waals surface area contributed by atoms with Crippen molar-refractivity contribution in [3.8, 4) is 11.8 Å². The van der Waals surface area contributed by atoms with Crippen molar-refractivity contribution in [2.75, 3.05) is 6.07 Å². The molecular weight excluding hydrogens is 212 g/mol. The van der Waals surface area contributed by atoms with Crippen LogP contribution in [0.25, 0.3) is 10.9 Å². The number of alkyl halides is 1. The molecule has 0 aliphatic rings. The minimum absolute atomic E-state index is 0.0209. The van der Waals surface area contributed by atoms with Crippen LogP contribution in [0.3, 0.4) is 0 Å². The van der Waals surface area contributed by atoms with E-state index in [2.05, 4.69) is 11.1 Å². The summed E-state index contributed by atoms with van der Waals surface area (Å²) in [5.74, 6) is 0.471. The van der Waals surface area contributed by atoms with Crippen molar-refractivity contribution < 1.29 is 4.74 Å².